The molecule has 0 unspecified atom stereocenters. The van der Waals surface area contributed by atoms with Crippen LogP contribution in [-0.4, -0.2) is 26.1 Å². The van der Waals surface area contributed by atoms with Gasteiger partial charge in [-0.1, -0.05) is 0 Å². The summed E-state index contributed by atoms with van der Waals surface area (Å²) in [6.45, 7) is 0.126. The molecule has 0 saturated heterocycles. The number of hydrogen-bond donors (Lipinski definition) is 2. The van der Waals surface area contributed by atoms with Crippen LogP contribution in [0.3, 0.4) is 0 Å². The Labute approximate surface area is 110 Å². The van der Waals surface area contributed by atoms with Gasteiger partial charge in [-0.2, -0.15) is 0 Å². The van der Waals surface area contributed by atoms with Gasteiger partial charge < -0.3 is 9.84 Å². The van der Waals surface area contributed by atoms with Crippen molar-refractivity contribution in [1.29, 1.82) is 0 Å². The van der Waals surface area contributed by atoms with Gasteiger partial charge in [0.25, 0.3) is 0 Å². The fourth-order valence-electron chi connectivity index (χ4n) is 1.38. The van der Waals surface area contributed by atoms with Gasteiger partial charge in [0.2, 0.25) is 10.0 Å². The summed E-state index contributed by atoms with van der Waals surface area (Å²) in [5.41, 5.74) is 0. The Morgan fingerprint density at radius 1 is 1.37 bits per heavy atom. The third-order valence-electron chi connectivity index (χ3n) is 2.25. The lowest BCUT2D eigenvalue weighted by Gasteiger charge is -2.09. The topological polar surface area (TPSA) is 107 Å². The normalized spacial score (nSPS) is 11.3. The van der Waals surface area contributed by atoms with Gasteiger partial charge >= 0.3 is 5.97 Å². The highest BCUT2D eigenvalue weighted by atomic mass is 32.2. The quantitative estimate of drug-likeness (QED) is 0.732. The Morgan fingerprint density at radius 3 is 2.63 bits per heavy atom. The molecule has 0 aliphatic heterocycles. The van der Waals surface area contributed by atoms with Crippen LogP contribution in [0.2, 0.25) is 0 Å². The molecule has 19 heavy (non-hydrogen) atoms. The lowest BCUT2D eigenvalue weighted by Crippen LogP contribution is -2.14. The molecular formula is C11H14FNO5S. The van der Waals surface area contributed by atoms with Crippen LogP contribution in [-0.2, 0) is 14.8 Å². The number of nitrogens with two attached hydrogens (primary N) is 1. The van der Waals surface area contributed by atoms with Gasteiger partial charge in [-0.05, 0) is 31.0 Å². The number of ether oxygens (including phenoxy) is 1. The molecule has 0 spiro atoms. The average Bonchev–Trinajstić information content (AvgIpc) is 2.28. The zero-order chi connectivity index (χ0) is 14.5. The van der Waals surface area contributed by atoms with Crippen LogP contribution in [0.15, 0.2) is 23.1 Å². The number of carboxylic acids is 1. The summed E-state index contributed by atoms with van der Waals surface area (Å²) in [6, 6.07) is 3.01. The number of halogens is 1. The molecule has 0 bridgehead atoms. The van der Waals surface area contributed by atoms with E-state index in [1.54, 1.807) is 0 Å². The highest BCUT2D eigenvalue weighted by Gasteiger charge is 2.16. The van der Waals surface area contributed by atoms with Crippen molar-refractivity contribution in [2.45, 2.75) is 24.2 Å². The third-order valence-corrected chi connectivity index (χ3v) is 3.19. The number of carboxylic acid groups (broad SMARTS) is 1. The molecule has 0 heterocycles. The second-order valence-electron chi connectivity index (χ2n) is 3.84. The number of unbranched alkanes of at least 4 members (excludes halogenated alkanes) is 1. The fraction of sp³-hybridized carbons (Fsp3) is 0.364. The van der Waals surface area contributed by atoms with Gasteiger partial charge in [-0.3, -0.25) is 4.79 Å². The van der Waals surface area contributed by atoms with Gasteiger partial charge in [-0.15, -0.1) is 0 Å². The third kappa shape index (κ3) is 5.23. The zero-order valence-electron chi connectivity index (χ0n) is 10.0. The molecule has 0 saturated carbocycles. The van der Waals surface area contributed by atoms with E-state index in [0.29, 0.717) is 12.8 Å². The van der Waals surface area contributed by atoms with E-state index in [4.69, 9.17) is 15.0 Å². The van der Waals surface area contributed by atoms with Crippen molar-refractivity contribution in [3.8, 4) is 5.75 Å². The smallest absolute Gasteiger partial charge is 0.303 e. The minimum atomic E-state index is -4.07. The van der Waals surface area contributed by atoms with Gasteiger partial charge in [0.1, 0.15) is 16.5 Å². The molecule has 0 aliphatic carbocycles. The first kappa shape index (κ1) is 15.4. The van der Waals surface area contributed by atoms with Crippen molar-refractivity contribution in [2.75, 3.05) is 6.61 Å². The molecule has 0 fully saturated rings. The Morgan fingerprint density at radius 2 is 2.05 bits per heavy atom. The average molecular weight is 291 g/mol. The summed E-state index contributed by atoms with van der Waals surface area (Å²) in [5, 5.41) is 13.4. The van der Waals surface area contributed by atoms with E-state index in [-0.39, 0.29) is 18.8 Å². The Balaban J connectivity index is 2.66. The maximum atomic E-state index is 13.0. The number of benzene rings is 1. The second kappa shape index (κ2) is 6.48. The van der Waals surface area contributed by atoms with E-state index in [1.165, 1.54) is 6.07 Å². The largest absolute Gasteiger partial charge is 0.492 e. The minimum Gasteiger partial charge on any atom is -0.492 e. The molecule has 6 nitrogen and oxygen atoms in total. The molecule has 1 rings (SSSR count). The van der Waals surface area contributed by atoms with Crippen LogP contribution < -0.4 is 9.88 Å². The summed E-state index contributed by atoms with van der Waals surface area (Å²) >= 11 is 0. The monoisotopic (exact) mass is 291 g/mol. The lowest BCUT2D eigenvalue weighted by atomic mass is 10.2. The molecule has 0 atom stereocenters. The molecule has 0 radical (unpaired) electrons. The predicted molar refractivity (Wildman–Crippen MR) is 64.8 cm³/mol. The van der Waals surface area contributed by atoms with Crippen LogP contribution in [0, 0.1) is 5.82 Å². The standard InChI is InChI=1S/C11H14FNO5S/c12-8-4-5-9(10(7-8)19(13,16)17)18-6-2-1-3-11(14)15/h4-5,7H,1-3,6H2,(H,14,15)(H2,13,16,17). The van der Waals surface area contributed by atoms with Gasteiger partial charge in [0.05, 0.1) is 6.61 Å². The maximum absolute atomic E-state index is 13.0. The zero-order valence-corrected chi connectivity index (χ0v) is 10.8. The molecule has 0 aromatic heterocycles. The van der Waals surface area contributed by atoms with Gasteiger partial charge in [0.15, 0.2) is 0 Å². The van der Waals surface area contributed by atoms with Crippen LogP contribution in [0.1, 0.15) is 19.3 Å². The van der Waals surface area contributed by atoms with E-state index in [1.807, 2.05) is 0 Å². The molecule has 0 aliphatic rings. The molecule has 1 aromatic carbocycles. The van der Waals surface area contributed by atoms with Crippen molar-refractivity contribution >= 4 is 16.0 Å². The van der Waals surface area contributed by atoms with Crippen molar-refractivity contribution in [3.63, 3.8) is 0 Å². The first-order valence-corrected chi connectivity index (χ1v) is 7.02. The number of carbonyl (C=O) groups is 1. The molecule has 8 heteroatoms. The fourth-order valence-corrected chi connectivity index (χ4v) is 2.07. The Kier molecular flexibility index (Phi) is 5.25. The number of aliphatic carboxylic acids is 1. The van der Waals surface area contributed by atoms with E-state index < -0.39 is 26.7 Å². The van der Waals surface area contributed by atoms with Crippen LogP contribution in [0.5, 0.6) is 5.75 Å². The van der Waals surface area contributed by atoms with Crippen molar-refractivity contribution < 1.29 is 27.4 Å². The Hall–Kier alpha value is -1.67. The maximum Gasteiger partial charge on any atom is 0.303 e. The second-order valence-corrected chi connectivity index (χ2v) is 5.37. The van der Waals surface area contributed by atoms with Gasteiger partial charge in [-0.25, -0.2) is 17.9 Å². The molecule has 1 aromatic rings. The highest BCUT2D eigenvalue weighted by Crippen LogP contribution is 2.23. The molecule has 0 amide bonds. The van der Waals surface area contributed by atoms with Gasteiger partial charge in [0, 0.05) is 6.42 Å². The van der Waals surface area contributed by atoms with Crippen molar-refractivity contribution in [1.82, 2.24) is 0 Å². The van der Waals surface area contributed by atoms with Crippen LogP contribution >= 0.6 is 0 Å². The van der Waals surface area contributed by atoms with E-state index in [9.17, 15) is 17.6 Å². The number of primary sulfonamides is 1. The molecular weight excluding hydrogens is 277 g/mol. The summed E-state index contributed by atoms with van der Waals surface area (Å²) in [7, 11) is -4.07. The van der Waals surface area contributed by atoms with Crippen molar-refractivity contribution in [3.05, 3.63) is 24.0 Å². The SMILES string of the molecule is NS(=O)(=O)c1cc(F)ccc1OCCCCC(=O)O. The summed E-state index contributed by atoms with van der Waals surface area (Å²) in [5.74, 6) is -1.69. The predicted octanol–water partition coefficient (Wildman–Crippen LogP) is 1.11. The molecule has 3 N–H and O–H groups in total. The highest BCUT2D eigenvalue weighted by molar-refractivity contribution is 7.89. The van der Waals surface area contributed by atoms with Crippen molar-refractivity contribution in [2.24, 2.45) is 5.14 Å². The molecule has 106 valence electrons. The van der Waals surface area contributed by atoms with Crippen LogP contribution in [0.25, 0.3) is 0 Å². The number of sulfonamides is 1. The summed E-state index contributed by atoms with van der Waals surface area (Å²) < 4.78 is 40.6. The first-order valence-electron chi connectivity index (χ1n) is 5.47. The number of rotatable bonds is 7. The number of hydrogen-bond acceptors (Lipinski definition) is 4. The Bertz CT molecular complexity index is 558. The summed E-state index contributed by atoms with van der Waals surface area (Å²) in [4.78, 5) is 9.85. The van der Waals surface area contributed by atoms with Crippen LogP contribution in [0.4, 0.5) is 4.39 Å². The summed E-state index contributed by atoms with van der Waals surface area (Å²) in [6.07, 6.45) is 0.851. The van der Waals surface area contributed by atoms with E-state index in [2.05, 4.69) is 0 Å². The lowest BCUT2D eigenvalue weighted by molar-refractivity contribution is -0.137. The van der Waals surface area contributed by atoms with E-state index >= 15 is 0 Å². The minimum absolute atomic E-state index is 0.00875. The first-order chi connectivity index (χ1) is 8.80. The van der Waals surface area contributed by atoms with E-state index in [0.717, 1.165) is 12.1 Å².